The van der Waals surface area contributed by atoms with Gasteiger partial charge in [0.15, 0.2) is 0 Å². The van der Waals surface area contributed by atoms with Crippen molar-refractivity contribution < 1.29 is 4.79 Å². The summed E-state index contributed by atoms with van der Waals surface area (Å²) in [7, 11) is 0. The van der Waals surface area contributed by atoms with Crippen LogP contribution in [0, 0.1) is 0 Å². The van der Waals surface area contributed by atoms with E-state index in [1.807, 2.05) is 53.2 Å². The summed E-state index contributed by atoms with van der Waals surface area (Å²) in [6.07, 6.45) is 7.40. The molecule has 0 radical (unpaired) electrons. The van der Waals surface area contributed by atoms with Crippen LogP contribution in [0.25, 0.3) is 5.82 Å². The molecule has 5 heteroatoms. The third-order valence-electron chi connectivity index (χ3n) is 3.28. The number of rotatable bonds is 5. The molecule has 0 bridgehead atoms. The molecule has 3 aromatic rings. The lowest BCUT2D eigenvalue weighted by atomic mass is 10.1. The first-order valence-corrected chi connectivity index (χ1v) is 7.05. The van der Waals surface area contributed by atoms with Gasteiger partial charge < -0.3 is 5.32 Å². The number of pyridine rings is 1. The number of imidazole rings is 1. The van der Waals surface area contributed by atoms with Gasteiger partial charge in [-0.25, -0.2) is 9.97 Å². The van der Waals surface area contributed by atoms with E-state index in [9.17, 15) is 4.79 Å². The lowest BCUT2D eigenvalue weighted by Crippen LogP contribution is -2.24. The van der Waals surface area contributed by atoms with Crippen LogP contribution in [0.2, 0.25) is 0 Å². The zero-order valence-electron chi connectivity index (χ0n) is 12.0. The van der Waals surface area contributed by atoms with Crippen molar-refractivity contribution in [3.05, 3.63) is 78.5 Å². The Hall–Kier alpha value is -2.95. The quantitative estimate of drug-likeness (QED) is 0.783. The van der Waals surface area contributed by atoms with E-state index in [2.05, 4.69) is 15.3 Å². The van der Waals surface area contributed by atoms with E-state index in [0.29, 0.717) is 13.0 Å². The molecular weight excluding hydrogens is 276 g/mol. The molecule has 0 fully saturated rings. The maximum absolute atomic E-state index is 11.9. The van der Waals surface area contributed by atoms with E-state index < -0.39 is 0 Å². The summed E-state index contributed by atoms with van der Waals surface area (Å²) in [4.78, 5) is 20.2. The van der Waals surface area contributed by atoms with E-state index in [0.717, 1.165) is 16.9 Å². The predicted octanol–water partition coefficient (Wildman–Crippen LogP) is 2.13. The first kappa shape index (κ1) is 14.0. The van der Waals surface area contributed by atoms with Crippen LogP contribution in [0.1, 0.15) is 11.1 Å². The highest BCUT2D eigenvalue weighted by Crippen LogP contribution is 2.05. The predicted molar refractivity (Wildman–Crippen MR) is 83.4 cm³/mol. The molecule has 110 valence electrons. The second kappa shape index (κ2) is 6.67. The molecule has 5 nitrogen and oxygen atoms in total. The molecule has 2 aromatic heterocycles. The van der Waals surface area contributed by atoms with Crippen molar-refractivity contribution in [2.24, 2.45) is 0 Å². The number of aromatic nitrogens is 3. The smallest absolute Gasteiger partial charge is 0.224 e. The summed E-state index contributed by atoms with van der Waals surface area (Å²) in [5, 5.41) is 2.90. The Labute approximate surface area is 128 Å². The highest BCUT2D eigenvalue weighted by molar-refractivity contribution is 5.78. The summed E-state index contributed by atoms with van der Waals surface area (Å²) < 4.78 is 1.83. The second-order valence-electron chi connectivity index (χ2n) is 4.93. The average Bonchev–Trinajstić information content (AvgIpc) is 3.09. The minimum atomic E-state index is 0.00452. The minimum Gasteiger partial charge on any atom is -0.352 e. The van der Waals surface area contributed by atoms with Crippen molar-refractivity contribution in [2.75, 3.05) is 0 Å². The molecular formula is C17H16N4O. The van der Waals surface area contributed by atoms with Crippen molar-refractivity contribution in [2.45, 2.75) is 13.0 Å². The summed E-state index contributed by atoms with van der Waals surface area (Å²) in [5.41, 5.74) is 1.97. The van der Waals surface area contributed by atoms with E-state index in [-0.39, 0.29) is 5.91 Å². The van der Waals surface area contributed by atoms with Gasteiger partial charge in [0.2, 0.25) is 5.91 Å². The number of carbonyl (C=O) groups excluding carboxylic acids is 1. The van der Waals surface area contributed by atoms with E-state index in [1.54, 1.807) is 18.7 Å². The van der Waals surface area contributed by atoms with Crippen LogP contribution in [0.4, 0.5) is 0 Å². The normalized spacial score (nSPS) is 10.4. The number of amides is 1. The fourth-order valence-corrected chi connectivity index (χ4v) is 2.11. The molecule has 3 rings (SSSR count). The molecule has 0 spiro atoms. The van der Waals surface area contributed by atoms with Crippen LogP contribution in [0.15, 0.2) is 67.4 Å². The molecule has 0 atom stereocenters. The van der Waals surface area contributed by atoms with Crippen molar-refractivity contribution >= 4 is 5.91 Å². The molecule has 0 saturated heterocycles. The Morgan fingerprint density at radius 3 is 2.64 bits per heavy atom. The molecule has 0 aliphatic heterocycles. The van der Waals surface area contributed by atoms with Crippen LogP contribution in [0.3, 0.4) is 0 Å². The zero-order chi connectivity index (χ0) is 15.2. The molecule has 2 heterocycles. The highest BCUT2D eigenvalue weighted by Gasteiger charge is 2.03. The monoisotopic (exact) mass is 292 g/mol. The standard InChI is InChI=1S/C17H16N4O/c22-17(10-14-4-2-1-3-5-14)20-12-15-6-7-16(19-11-15)21-9-8-18-13-21/h1-9,11,13H,10,12H2,(H,20,22). The number of nitrogens with one attached hydrogen (secondary N) is 1. The van der Waals surface area contributed by atoms with Crippen molar-refractivity contribution in [1.29, 1.82) is 0 Å². The molecule has 0 unspecified atom stereocenters. The molecule has 1 amide bonds. The van der Waals surface area contributed by atoms with Gasteiger partial charge in [-0.2, -0.15) is 0 Å². The molecule has 22 heavy (non-hydrogen) atoms. The van der Waals surface area contributed by atoms with Crippen LogP contribution < -0.4 is 5.32 Å². The van der Waals surface area contributed by atoms with Crippen LogP contribution in [-0.2, 0) is 17.8 Å². The maximum Gasteiger partial charge on any atom is 0.224 e. The Balaban J connectivity index is 1.54. The first-order chi connectivity index (χ1) is 10.8. The molecule has 1 aromatic carbocycles. The largest absolute Gasteiger partial charge is 0.352 e. The lowest BCUT2D eigenvalue weighted by Gasteiger charge is -2.06. The fraction of sp³-hybridized carbons (Fsp3) is 0.118. The van der Waals surface area contributed by atoms with E-state index >= 15 is 0 Å². The van der Waals surface area contributed by atoms with Crippen molar-refractivity contribution in [3.63, 3.8) is 0 Å². The lowest BCUT2D eigenvalue weighted by molar-refractivity contribution is -0.120. The summed E-state index contributed by atoms with van der Waals surface area (Å²) in [6, 6.07) is 13.5. The summed E-state index contributed by atoms with van der Waals surface area (Å²) >= 11 is 0. The van der Waals surface area contributed by atoms with Gasteiger partial charge in [-0.3, -0.25) is 9.36 Å². The molecule has 0 saturated carbocycles. The minimum absolute atomic E-state index is 0.00452. The molecule has 0 aliphatic carbocycles. The Morgan fingerprint density at radius 1 is 1.09 bits per heavy atom. The maximum atomic E-state index is 11.9. The van der Waals surface area contributed by atoms with Gasteiger partial charge in [-0.1, -0.05) is 36.4 Å². The first-order valence-electron chi connectivity index (χ1n) is 7.05. The number of hydrogen-bond donors (Lipinski definition) is 1. The fourth-order valence-electron chi connectivity index (χ4n) is 2.11. The van der Waals surface area contributed by atoms with Gasteiger partial charge in [0, 0.05) is 25.1 Å². The Kier molecular flexibility index (Phi) is 4.25. The SMILES string of the molecule is O=C(Cc1ccccc1)NCc1ccc(-n2ccnc2)nc1. The van der Waals surface area contributed by atoms with Gasteiger partial charge >= 0.3 is 0 Å². The average molecular weight is 292 g/mol. The van der Waals surface area contributed by atoms with Crippen molar-refractivity contribution in [1.82, 2.24) is 19.9 Å². The third kappa shape index (κ3) is 3.58. The van der Waals surface area contributed by atoms with Gasteiger partial charge in [0.1, 0.15) is 12.1 Å². The number of nitrogens with zero attached hydrogens (tertiary/aromatic N) is 3. The molecule has 0 aliphatic rings. The van der Waals surface area contributed by atoms with Gasteiger partial charge in [0.05, 0.1) is 6.42 Å². The van der Waals surface area contributed by atoms with Crippen LogP contribution in [-0.4, -0.2) is 20.4 Å². The topological polar surface area (TPSA) is 59.8 Å². The Morgan fingerprint density at radius 2 is 1.95 bits per heavy atom. The van der Waals surface area contributed by atoms with E-state index in [4.69, 9.17) is 0 Å². The van der Waals surface area contributed by atoms with Gasteiger partial charge in [-0.15, -0.1) is 0 Å². The van der Waals surface area contributed by atoms with Crippen LogP contribution in [0.5, 0.6) is 0 Å². The zero-order valence-corrected chi connectivity index (χ0v) is 12.0. The van der Waals surface area contributed by atoms with Gasteiger partial charge in [0.25, 0.3) is 0 Å². The van der Waals surface area contributed by atoms with E-state index in [1.165, 1.54) is 0 Å². The number of benzene rings is 1. The number of hydrogen-bond acceptors (Lipinski definition) is 3. The highest BCUT2D eigenvalue weighted by atomic mass is 16.1. The second-order valence-corrected chi connectivity index (χ2v) is 4.93. The summed E-state index contributed by atoms with van der Waals surface area (Å²) in [6.45, 7) is 0.475. The number of carbonyl (C=O) groups is 1. The molecule has 1 N–H and O–H groups in total. The van der Waals surface area contributed by atoms with Crippen LogP contribution >= 0.6 is 0 Å². The summed E-state index contributed by atoms with van der Waals surface area (Å²) in [5.74, 6) is 0.807. The van der Waals surface area contributed by atoms with Crippen molar-refractivity contribution in [3.8, 4) is 5.82 Å². The Bertz CT molecular complexity index is 721. The third-order valence-corrected chi connectivity index (χ3v) is 3.28. The van der Waals surface area contributed by atoms with Gasteiger partial charge in [-0.05, 0) is 17.2 Å².